The van der Waals surface area contributed by atoms with Gasteiger partial charge in [-0.3, -0.25) is 0 Å². The van der Waals surface area contributed by atoms with Gasteiger partial charge in [-0.05, 0) is 41.7 Å². The molecule has 0 aliphatic rings. The van der Waals surface area contributed by atoms with Gasteiger partial charge >= 0.3 is 0 Å². The van der Waals surface area contributed by atoms with Crippen molar-refractivity contribution in [3.63, 3.8) is 0 Å². The smallest absolute Gasteiger partial charge is 0.123 e. The van der Waals surface area contributed by atoms with Crippen LogP contribution in [0.2, 0.25) is 0 Å². The predicted octanol–water partition coefficient (Wildman–Crippen LogP) is 3.14. The highest BCUT2D eigenvalue weighted by Crippen LogP contribution is 2.34. The van der Waals surface area contributed by atoms with Crippen molar-refractivity contribution in [2.75, 3.05) is 0 Å². The lowest BCUT2D eigenvalue weighted by atomic mass is 9.88. The Hall–Kier alpha value is -2.62. The number of carboxylic acids is 1. The first kappa shape index (κ1) is 15.3. The number of hydrogen-bond acceptors (Lipinski definition) is 2. The molecule has 3 aromatic rings. The molecule has 0 unspecified atom stereocenters. The molecule has 4 heteroatoms. The van der Waals surface area contributed by atoms with E-state index in [0.717, 1.165) is 22.9 Å². The van der Waals surface area contributed by atoms with Crippen LogP contribution in [0.3, 0.4) is 0 Å². The van der Waals surface area contributed by atoms with Gasteiger partial charge in [-0.2, -0.15) is 0 Å². The van der Waals surface area contributed by atoms with Crippen LogP contribution in [-0.2, 0) is 11.2 Å². The van der Waals surface area contributed by atoms with Crippen molar-refractivity contribution < 1.29 is 14.3 Å². The molecule has 3 nitrogen and oxygen atoms in total. The van der Waals surface area contributed by atoms with Crippen molar-refractivity contribution in [2.45, 2.75) is 25.7 Å². The first-order valence-corrected chi connectivity index (χ1v) is 7.64. The summed E-state index contributed by atoms with van der Waals surface area (Å²) in [6.45, 7) is 2.07. The Kier molecular flexibility index (Phi) is 4.15. The second-order valence-corrected chi connectivity index (χ2v) is 5.62. The Morgan fingerprint density at radius 1 is 1.26 bits per heavy atom. The number of halogens is 1. The van der Waals surface area contributed by atoms with E-state index in [-0.39, 0.29) is 12.2 Å². The van der Waals surface area contributed by atoms with Crippen LogP contribution in [0.25, 0.3) is 10.9 Å². The number of carbonyl (C=O) groups excluding carboxylic acids is 1. The van der Waals surface area contributed by atoms with Crippen LogP contribution >= 0.6 is 0 Å². The van der Waals surface area contributed by atoms with Crippen molar-refractivity contribution >= 4 is 16.9 Å². The molecule has 23 heavy (non-hydrogen) atoms. The number of rotatable bonds is 5. The van der Waals surface area contributed by atoms with E-state index in [9.17, 15) is 14.3 Å². The van der Waals surface area contributed by atoms with Crippen molar-refractivity contribution in [1.29, 1.82) is 0 Å². The largest absolute Gasteiger partial charge is 0.550 e. The lowest BCUT2D eigenvalue weighted by Crippen LogP contribution is -2.24. The summed E-state index contributed by atoms with van der Waals surface area (Å²) in [6, 6.07) is 12.0. The molecule has 0 saturated heterocycles. The quantitative estimate of drug-likeness (QED) is 0.787. The minimum atomic E-state index is -1.15. The fraction of sp³-hybridized carbons (Fsp3) is 0.211. The van der Waals surface area contributed by atoms with Crippen LogP contribution in [0, 0.1) is 5.82 Å². The zero-order chi connectivity index (χ0) is 16.4. The summed E-state index contributed by atoms with van der Waals surface area (Å²) in [5.41, 5.74) is 3.66. The summed E-state index contributed by atoms with van der Waals surface area (Å²) in [7, 11) is 0. The molecule has 0 bridgehead atoms. The topological polar surface area (TPSA) is 55.9 Å². The van der Waals surface area contributed by atoms with E-state index in [0.29, 0.717) is 5.56 Å². The van der Waals surface area contributed by atoms with E-state index >= 15 is 0 Å². The molecule has 0 amide bonds. The minimum absolute atomic E-state index is 0.188. The third-order valence-electron chi connectivity index (χ3n) is 4.21. The average molecular weight is 310 g/mol. The molecule has 0 fully saturated rings. The van der Waals surface area contributed by atoms with Crippen LogP contribution in [0.4, 0.5) is 4.39 Å². The summed E-state index contributed by atoms with van der Waals surface area (Å²) >= 11 is 0. The number of nitrogens with one attached hydrogen (secondary N) is 1. The number of hydrogen-bond donors (Lipinski definition) is 1. The fourth-order valence-electron chi connectivity index (χ4n) is 3.12. The van der Waals surface area contributed by atoms with Gasteiger partial charge in [0.2, 0.25) is 0 Å². The lowest BCUT2D eigenvalue weighted by molar-refractivity contribution is -0.305. The molecule has 1 aromatic heterocycles. The summed E-state index contributed by atoms with van der Waals surface area (Å²) in [5, 5.41) is 12.2. The summed E-state index contributed by atoms with van der Waals surface area (Å²) in [5.74, 6) is -1.98. The third-order valence-corrected chi connectivity index (χ3v) is 4.21. The highest BCUT2D eigenvalue weighted by atomic mass is 19.1. The molecule has 0 saturated carbocycles. The van der Waals surface area contributed by atoms with Crippen molar-refractivity contribution in [3.05, 3.63) is 71.2 Å². The van der Waals surface area contributed by atoms with Crippen LogP contribution in [0.5, 0.6) is 0 Å². The molecule has 0 aliphatic carbocycles. The standard InChI is InChI=1S/C19H18FNO2/c1-2-12-5-4-8-15-17(11-21-19(12)15)16(10-18(22)23)13-6-3-7-14(20)9-13/h3-9,11,16,21H,2,10H2,1H3,(H,22,23)/p-1/t16-/m0/s1. The maximum Gasteiger partial charge on any atom is 0.123 e. The summed E-state index contributed by atoms with van der Waals surface area (Å²) in [6.07, 6.45) is 2.51. The number of carboxylic acid groups (broad SMARTS) is 1. The molecule has 0 aliphatic heterocycles. The van der Waals surface area contributed by atoms with Gasteiger partial charge in [0.15, 0.2) is 0 Å². The van der Waals surface area contributed by atoms with E-state index in [4.69, 9.17) is 0 Å². The molecule has 1 atom stereocenters. The van der Waals surface area contributed by atoms with Crippen LogP contribution < -0.4 is 5.11 Å². The van der Waals surface area contributed by atoms with E-state index in [1.807, 2.05) is 24.4 Å². The second kappa shape index (κ2) is 6.24. The van der Waals surface area contributed by atoms with Gasteiger partial charge in [-0.25, -0.2) is 4.39 Å². The highest BCUT2D eigenvalue weighted by molar-refractivity contribution is 5.87. The molecule has 118 valence electrons. The number of benzene rings is 2. The second-order valence-electron chi connectivity index (χ2n) is 5.62. The molecule has 0 spiro atoms. The van der Waals surface area contributed by atoms with Gasteiger partial charge < -0.3 is 14.9 Å². The number of aromatic nitrogens is 1. The minimum Gasteiger partial charge on any atom is -0.550 e. The highest BCUT2D eigenvalue weighted by Gasteiger charge is 2.19. The fourth-order valence-corrected chi connectivity index (χ4v) is 3.12. The van der Waals surface area contributed by atoms with Gasteiger partial charge in [-0.15, -0.1) is 0 Å². The van der Waals surface area contributed by atoms with Crippen molar-refractivity contribution in [1.82, 2.24) is 4.98 Å². The van der Waals surface area contributed by atoms with E-state index in [1.54, 1.807) is 12.1 Å². The molecule has 0 radical (unpaired) electrons. The number of para-hydroxylation sites is 1. The molecule has 1 heterocycles. The normalized spacial score (nSPS) is 12.4. The first-order valence-electron chi connectivity index (χ1n) is 7.64. The van der Waals surface area contributed by atoms with Gasteiger partial charge in [0.25, 0.3) is 0 Å². The number of aliphatic carboxylic acids is 1. The lowest BCUT2D eigenvalue weighted by Gasteiger charge is -2.18. The number of H-pyrrole nitrogens is 1. The maximum absolute atomic E-state index is 13.6. The summed E-state index contributed by atoms with van der Waals surface area (Å²) < 4.78 is 13.6. The monoisotopic (exact) mass is 310 g/mol. The van der Waals surface area contributed by atoms with Crippen LogP contribution in [-0.4, -0.2) is 11.0 Å². The number of carbonyl (C=O) groups is 1. The molecular weight excluding hydrogens is 293 g/mol. The van der Waals surface area contributed by atoms with Crippen LogP contribution in [0.1, 0.15) is 36.0 Å². The third kappa shape index (κ3) is 2.97. The molecular formula is C19H17FNO2-. The van der Waals surface area contributed by atoms with Gasteiger partial charge in [0.1, 0.15) is 5.82 Å². The van der Waals surface area contributed by atoms with E-state index in [1.165, 1.54) is 17.7 Å². The molecule has 2 aromatic carbocycles. The predicted molar refractivity (Wildman–Crippen MR) is 85.5 cm³/mol. The number of aromatic amines is 1. The van der Waals surface area contributed by atoms with E-state index < -0.39 is 11.9 Å². The van der Waals surface area contributed by atoms with Crippen LogP contribution in [0.15, 0.2) is 48.7 Å². The number of fused-ring (bicyclic) bond motifs is 1. The average Bonchev–Trinajstić information content (AvgIpc) is 2.96. The Morgan fingerprint density at radius 3 is 2.74 bits per heavy atom. The maximum atomic E-state index is 13.6. The SMILES string of the molecule is CCc1cccc2c([C@@H](CC(=O)[O-])c3cccc(F)c3)c[nH]c12. The molecule has 1 N–H and O–H groups in total. The molecule has 3 rings (SSSR count). The Bertz CT molecular complexity index is 853. The van der Waals surface area contributed by atoms with Crippen molar-refractivity contribution in [2.24, 2.45) is 0 Å². The first-order chi connectivity index (χ1) is 11.1. The zero-order valence-corrected chi connectivity index (χ0v) is 12.8. The zero-order valence-electron chi connectivity index (χ0n) is 12.8. The summed E-state index contributed by atoms with van der Waals surface area (Å²) in [4.78, 5) is 14.4. The van der Waals surface area contributed by atoms with E-state index in [2.05, 4.69) is 11.9 Å². The van der Waals surface area contributed by atoms with Gasteiger partial charge in [-0.1, -0.05) is 37.3 Å². The van der Waals surface area contributed by atoms with Gasteiger partial charge in [0, 0.05) is 29.0 Å². The van der Waals surface area contributed by atoms with Crippen molar-refractivity contribution in [3.8, 4) is 0 Å². The number of aryl methyl sites for hydroxylation is 1. The Morgan fingerprint density at radius 2 is 2.04 bits per heavy atom. The Balaban J connectivity index is 2.16. The van der Waals surface area contributed by atoms with Gasteiger partial charge in [0.05, 0.1) is 0 Å². The Labute approximate surface area is 133 Å².